The van der Waals surface area contributed by atoms with Crippen molar-refractivity contribution < 1.29 is 4.84 Å². The first-order valence-corrected chi connectivity index (χ1v) is 5.59. The predicted octanol–water partition coefficient (Wildman–Crippen LogP) is 4.03. The molecule has 0 spiro atoms. The summed E-state index contributed by atoms with van der Waals surface area (Å²) in [5.74, 6) is 0. The van der Waals surface area contributed by atoms with E-state index < -0.39 is 0 Å². The Hall–Kier alpha value is -1.02. The van der Waals surface area contributed by atoms with E-state index in [2.05, 4.69) is 12.1 Å². The molecule has 0 unspecified atom stereocenters. The molecule has 0 saturated carbocycles. The molecule has 82 valence electrons. The van der Waals surface area contributed by atoms with Crippen LogP contribution >= 0.6 is 11.6 Å². The molecule has 1 aromatic carbocycles. The van der Waals surface area contributed by atoms with Gasteiger partial charge in [-0.2, -0.15) is 0 Å². The first kappa shape index (κ1) is 12.1. The molecule has 0 aliphatic heterocycles. The number of halogens is 1. The Kier molecular flexibility index (Phi) is 5.86. The first-order chi connectivity index (χ1) is 7.33. The van der Waals surface area contributed by atoms with Gasteiger partial charge >= 0.3 is 0 Å². The van der Waals surface area contributed by atoms with E-state index >= 15 is 0 Å². The zero-order valence-electron chi connectivity index (χ0n) is 8.95. The molecule has 3 heteroatoms. The Labute approximate surface area is 95.9 Å². The zero-order chi connectivity index (χ0) is 10.9. The quantitative estimate of drug-likeness (QED) is 0.407. The monoisotopic (exact) mass is 225 g/mol. The van der Waals surface area contributed by atoms with Gasteiger partial charge in [0.05, 0.1) is 0 Å². The van der Waals surface area contributed by atoms with Crippen molar-refractivity contribution in [3.63, 3.8) is 0 Å². The van der Waals surface area contributed by atoms with Gasteiger partial charge in [0.15, 0.2) is 0 Å². The number of unbranched alkanes of at least 4 members (excludes halogenated alkanes) is 2. The van der Waals surface area contributed by atoms with Gasteiger partial charge in [0.1, 0.15) is 6.61 Å². The molecule has 0 bridgehead atoms. The summed E-state index contributed by atoms with van der Waals surface area (Å²) in [7, 11) is 0. The van der Waals surface area contributed by atoms with Crippen LogP contribution in [0.3, 0.4) is 0 Å². The van der Waals surface area contributed by atoms with Gasteiger partial charge < -0.3 is 4.84 Å². The first-order valence-electron chi connectivity index (χ1n) is 5.21. The van der Waals surface area contributed by atoms with Gasteiger partial charge in [-0.3, -0.25) is 0 Å². The summed E-state index contributed by atoms with van der Waals surface area (Å²) >= 11 is 5.83. The average Bonchev–Trinajstić information content (AvgIpc) is 2.23. The summed E-state index contributed by atoms with van der Waals surface area (Å²) in [6.45, 7) is 2.63. The van der Waals surface area contributed by atoms with Crippen molar-refractivity contribution in [3.05, 3.63) is 34.9 Å². The van der Waals surface area contributed by atoms with E-state index in [1.54, 1.807) is 0 Å². The molecule has 0 N–H and O–H groups in total. The fourth-order valence-electron chi connectivity index (χ4n) is 1.14. The Balaban J connectivity index is 2.22. The third-order valence-electron chi connectivity index (χ3n) is 1.96. The van der Waals surface area contributed by atoms with Crippen molar-refractivity contribution in [2.24, 2.45) is 5.16 Å². The van der Waals surface area contributed by atoms with Crippen molar-refractivity contribution in [2.45, 2.75) is 32.8 Å². The molecule has 0 heterocycles. The molecular weight excluding hydrogens is 210 g/mol. The lowest BCUT2D eigenvalue weighted by molar-refractivity contribution is 0.131. The SMILES string of the molecule is CCCC/C=N/OCc1cccc(Cl)c1. The molecule has 1 rings (SSSR count). The summed E-state index contributed by atoms with van der Waals surface area (Å²) in [5, 5.41) is 4.59. The van der Waals surface area contributed by atoms with Crippen molar-refractivity contribution in [2.75, 3.05) is 0 Å². The van der Waals surface area contributed by atoms with Crippen molar-refractivity contribution in [3.8, 4) is 0 Å². The zero-order valence-corrected chi connectivity index (χ0v) is 9.70. The molecule has 0 amide bonds. The van der Waals surface area contributed by atoms with Crippen LogP contribution in [0, 0.1) is 0 Å². The molecule has 0 fully saturated rings. The minimum atomic E-state index is 0.475. The van der Waals surface area contributed by atoms with Crippen LogP contribution in [0.5, 0.6) is 0 Å². The van der Waals surface area contributed by atoms with Crippen molar-refractivity contribution in [1.82, 2.24) is 0 Å². The fraction of sp³-hybridized carbons (Fsp3) is 0.417. The second-order valence-corrected chi connectivity index (χ2v) is 3.77. The Morgan fingerprint density at radius 1 is 1.47 bits per heavy atom. The van der Waals surface area contributed by atoms with Crippen LogP contribution < -0.4 is 0 Å². The molecule has 0 aliphatic carbocycles. The number of rotatable bonds is 6. The van der Waals surface area contributed by atoms with E-state index in [0.717, 1.165) is 23.4 Å². The molecule has 0 atom stereocenters. The smallest absolute Gasteiger partial charge is 0.142 e. The third kappa shape index (κ3) is 5.43. The van der Waals surface area contributed by atoms with Crippen LogP contribution in [0.1, 0.15) is 31.7 Å². The highest BCUT2D eigenvalue weighted by Crippen LogP contribution is 2.11. The van der Waals surface area contributed by atoms with Crippen LogP contribution in [0.25, 0.3) is 0 Å². The summed E-state index contributed by atoms with van der Waals surface area (Å²) < 4.78 is 0. The van der Waals surface area contributed by atoms with E-state index in [1.807, 2.05) is 30.5 Å². The molecule has 2 nitrogen and oxygen atoms in total. The average molecular weight is 226 g/mol. The van der Waals surface area contributed by atoms with Crippen molar-refractivity contribution >= 4 is 17.8 Å². The van der Waals surface area contributed by atoms with Crippen LogP contribution in [-0.2, 0) is 11.4 Å². The van der Waals surface area contributed by atoms with E-state index in [1.165, 1.54) is 6.42 Å². The lowest BCUT2D eigenvalue weighted by Gasteiger charge is -1.99. The largest absolute Gasteiger partial charge is 0.391 e. The maximum Gasteiger partial charge on any atom is 0.142 e. The Morgan fingerprint density at radius 3 is 3.07 bits per heavy atom. The van der Waals surface area contributed by atoms with Crippen LogP contribution in [-0.4, -0.2) is 6.21 Å². The van der Waals surface area contributed by atoms with E-state index in [4.69, 9.17) is 16.4 Å². The van der Waals surface area contributed by atoms with Gasteiger partial charge in [-0.05, 0) is 30.5 Å². The fourth-order valence-corrected chi connectivity index (χ4v) is 1.35. The van der Waals surface area contributed by atoms with Crippen LogP contribution in [0.4, 0.5) is 0 Å². The number of oxime groups is 1. The maximum atomic E-state index is 5.83. The third-order valence-corrected chi connectivity index (χ3v) is 2.19. The number of hydrogen-bond donors (Lipinski definition) is 0. The van der Waals surface area contributed by atoms with Gasteiger partial charge in [0.2, 0.25) is 0 Å². The van der Waals surface area contributed by atoms with Gasteiger partial charge in [-0.25, -0.2) is 0 Å². The van der Waals surface area contributed by atoms with E-state index in [9.17, 15) is 0 Å². The van der Waals surface area contributed by atoms with E-state index in [-0.39, 0.29) is 0 Å². The molecule has 0 saturated heterocycles. The Bertz CT molecular complexity index is 312. The van der Waals surface area contributed by atoms with E-state index in [0.29, 0.717) is 6.61 Å². The molecule has 0 aliphatic rings. The molecular formula is C12H16ClNO. The molecule has 0 aromatic heterocycles. The topological polar surface area (TPSA) is 21.6 Å². The van der Waals surface area contributed by atoms with Gasteiger partial charge in [0, 0.05) is 11.2 Å². The maximum absolute atomic E-state index is 5.83. The summed E-state index contributed by atoms with van der Waals surface area (Å²) in [6.07, 6.45) is 5.13. The lowest BCUT2D eigenvalue weighted by atomic mass is 10.2. The Morgan fingerprint density at radius 2 is 2.33 bits per heavy atom. The second kappa shape index (κ2) is 7.30. The van der Waals surface area contributed by atoms with Gasteiger partial charge in [0.25, 0.3) is 0 Å². The second-order valence-electron chi connectivity index (χ2n) is 3.33. The normalized spacial score (nSPS) is 10.8. The highest BCUT2D eigenvalue weighted by atomic mass is 35.5. The number of nitrogens with zero attached hydrogens (tertiary/aromatic N) is 1. The predicted molar refractivity (Wildman–Crippen MR) is 64.3 cm³/mol. The summed E-state index contributed by atoms with van der Waals surface area (Å²) in [5.41, 5.74) is 1.04. The van der Waals surface area contributed by atoms with Crippen LogP contribution in [0.2, 0.25) is 5.02 Å². The van der Waals surface area contributed by atoms with Crippen molar-refractivity contribution in [1.29, 1.82) is 0 Å². The molecule has 0 radical (unpaired) electrons. The standard InChI is InChI=1S/C12H16ClNO/c1-2-3-4-8-14-15-10-11-6-5-7-12(13)9-11/h5-9H,2-4,10H2,1H3/b14-8+. The molecule has 1 aromatic rings. The number of benzene rings is 1. The van der Waals surface area contributed by atoms with Gasteiger partial charge in [-0.1, -0.05) is 42.2 Å². The summed E-state index contributed by atoms with van der Waals surface area (Å²) in [4.78, 5) is 5.13. The minimum Gasteiger partial charge on any atom is -0.391 e. The van der Waals surface area contributed by atoms with Crippen LogP contribution in [0.15, 0.2) is 29.4 Å². The van der Waals surface area contributed by atoms with Gasteiger partial charge in [-0.15, -0.1) is 0 Å². The lowest BCUT2D eigenvalue weighted by Crippen LogP contribution is -1.87. The number of hydrogen-bond acceptors (Lipinski definition) is 2. The molecule has 15 heavy (non-hydrogen) atoms. The minimum absolute atomic E-state index is 0.475. The highest BCUT2D eigenvalue weighted by molar-refractivity contribution is 6.30. The summed E-state index contributed by atoms with van der Waals surface area (Å²) in [6, 6.07) is 7.59. The highest BCUT2D eigenvalue weighted by Gasteiger charge is 1.93.